The molecule has 1 aliphatic carbocycles. The summed E-state index contributed by atoms with van der Waals surface area (Å²) in [5, 5.41) is 11.2. The van der Waals surface area contributed by atoms with Gasteiger partial charge in [-0.1, -0.05) is 54.6 Å². The highest BCUT2D eigenvalue weighted by molar-refractivity contribution is 6.22. The molecule has 2 aliphatic heterocycles. The third kappa shape index (κ3) is 2.40. The second-order valence-corrected chi connectivity index (χ2v) is 7.84. The zero-order valence-corrected chi connectivity index (χ0v) is 15.3. The molecule has 2 aromatic carbocycles. The fourth-order valence-corrected chi connectivity index (χ4v) is 4.90. The van der Waals surface area contributed by atoms with Crippen molar-refractivity contribution in [2.75, 3.05) is 18.1 Å². The number of imide groups is 1. The molecule has 0 saturated carbocycles. The third-order valence-corrected chi connectivity index (χ3v) is 6.35. The average Bonchev–Trinajstić information content (AvgIpc) is 3.27. The zero-order chi connectivity index (χ0) is 19.3. The SMILES string of the molecule is O=C1[C@H]2C=C3COC[C@]3([C@@H](O)c3ccccc3)C[C@H]2C(=O)N1c1ccccc1. The van der Waals surface area contributed by atoms with E-state index in [0.717, 1.165) is 11.1 Å². The molecule has 2 aromatic rings. The zero-order valence-electron chi connectivity index (χ0n) is 15.3. The van der Waals surface area contributed by atoms with Crippen LogP contribution in [-0.2, 0) is 14.3 Å². The van der Waals surface area contributed by atoms with Gasteiger partial charge >= 0.3 is 0 Å². The van der Waals surface area contributed by atoms with Gasteiger partial charge in [0.2, 0.25) is 11.8 Å². The molecule has 5 nitrogen and oxygen atoms in total. The number of benzene rings is 2. The molecule has 28 heavy (non-hydrogen) atoms. The van der Waals surface area contributed by atoms with Crippen molar-refractivity contribution in [1.82, 2.24) is 0 Å². The van der Waals surface area contributed by atoms with E-state index in [2.05, 4.69) is 0 Å². The first-order valence-corrected chi connectivity index (χ1v) is 9.56. The van der Waals surface area contributed by atoms with Crippen molar-refractivity contribution in [1.29, 1.82) is 0 Å². The third-order valence-electron chi connectivity index (χ3n) is 6.35. The number of para-hydroxylation sites is 1. The predicted molar refractivity (Wildman–Crippen MR) is 103 cm³/mol. The van der Waals surface area contributed by atoms with Gasteiger partial charge in [-0.15, -0.1) is 0 Å². The highest BCUT2D eigenvalue weighted by atomic mass is 16.5. The first kappa shape index (κ1) is 17.3. The van der Waals surface area contributed by atoms with E-state index in [1.807, 2.05) is 54.6 Å². The Morgan fingerprint density at radius 1 is 1.00 bits per heavy atom. The van der Waals surface area contributed by atoms with Crippen LogP contribution in [0.3, 0.4) is 0 Å². The first-order chi connectivity index (χ1) is 13.6. The van der Waals surface area contributed by atoms with Crippen molar-refractivity contribution < 1.29 is 19.4 Å². The van der Waals surface area contributed by atoms with Crippen LogP contribution in [0.1, 0.15) is 18.1 Å². The van der Waals surface area contributed by atoms with E-state index >= 15 is 0 Å². The maximum Gasteiger partial charge on any atom is 0.241 e. The lowest BCUT2D eigenvalue weighted by molar-refractivity contribution is -0.123. The predicted octanol–water partition coefficient (Wildman–Crippen LogP) is 2.87. The summed E-state index contributed by atoms with van der Waals surface area (Å²) in [5.74, 6) is -1.34. The number of nitrogens with zero attached hydrogens (tertiary/aromatic N) is 1. The summed E-state index contributed by atoms with van der Waals surface area (Å²) in [6.45, 7) is 0.741. The normalized spacial score (nSPS) is 30.0. The Labute approximate surface area is 163 Å². The smallest absolute Gasteiger partial charge is 0.241 e. The molecule has 0 spiro atoms. The van der Waals surface area contributed by atoms with E-state index in [-0.39, 0.29) is 11.8 Å². The topological polar surface area (TPSA) is 66.8 Å². The molecule has 5 heteroatoms. The number of aliphatic hydroxyl groups is 1. The van der Waals surface area contributed by atoms with Crippen LogP contribution in [-0.4, -0.2) is 30.1 Å². The van der Waals surface area contributed by atoms with Gasteiger partial charge in [0.15, 0.2) is 0 Å². The molecule has 2 heterocycles. The Bertz CT molecular complexity index is 955. The van der Waals surface area contributed by atoms with Gasteiger partial charge in [0, 0.05) is 5.41 Å². The van der Waals surface area contributed by atoms with Gasteiger partial charge in [-0.05, 0) is 29.7 Å². The molecule has 142 valence electrons. The Kier molecular flexibility index (Phi) is 3.96. The van der Waals surface area contributed by atoms with Gasteiger partial charge in [-0.3, -0.25) is 9.59 Å². The van der Waals surface area contributed by atoms with Crippen LogP contribution in [0.25, 0.3) is 0 Å². The summed E-state index contributed by atoms with van der Waals surface area (Å²) in [6.07, 6.45) is 1.52. The standard InChI is InChI=1S/C23H21NO4/c25-20(15-7-3-1-4-8-15)23-12-19-18(11-16(23)13-28-14-23)21(26)24(22(19)27)17-9-5-2-6-10-17/h1-11,18-20,25H,12-14H2/t18-,19+,20-,23+/m0/s1. The maximum absolute atomic E-state index is 13.2. The number of amides is 2. The van der Waals surface area contributed by atoms with E-state index in [9.17, 15) is 14.7 Å². The number of carbonyl (C=O) groups excluding carboxylic acids is 2. The highest BCUT2D eigenvalue weighted by Crippen LogP contribution is 2.55. The fraction of sp³-hybridized carbons (Fsp3) is 0.304. The van der Waals surface area contributed by atoms with Crippen molar-refractivity contribution >= 4 is 17.5 Å². The minimum absolute atomic E-state index is 0.191. The van der Waals surface area contributed by atoms with E-state index in [4.69, 9.17) is 4.74 Å². The molecule has 2 saturated heterocycles. The van der Waals surface area contributed by atoms with Gasteiger partial charge in [0.1, 0.15) is 0 Å². The molecule has 0 unspecified atom stereocenters. The molecule has 0 bridgehead atoms. The molecular weight excluding hydrogens is 354 g/mol. The summed E-state index contributed by atoms with van der Waals surface area (Å²) >= 11 is 0. The van der Waals surface area contributed by atoms with Crippen molar-refractivity contribution in [3.05, 3.63) is 77.9 Å². The van der Waals surface area contributed by atoms with Gasteiger partial charge in [0.05, 0.1) is 36.8 Å². The average molecular weight is 375 g/mol. The van der Waals surface area contributed by atoms with Crippen LogP contribution in [0.5, 0.6) is 0 Å². The Morgan fingerprint density at radius 3 is 2.39 bits per heavy atom. The molecular formula is C23H21NO4. The monoisotopic (exact) mass is 375 g/mol. The number of aliphatic hydroxyl groups excluding tert-OH is 1. The lowest BCUT2D eigenvalue weighted by atomic mass is 9.63. The van der Waals surface area contributed by atoms with Gasteiger partial charge < -0.3 is 9.84 Å². The largest absolute Gasteiger partial charge is 0.387 e. The number of anilines is 1. The number of hydrogen-bond acceptors (Lipinski definition) is 4. The van der Waals surface area contributed by atoms with Crippen molar-refractivity contribution in [3.63, 3.8) is 0 Å². The molecule has 3 aliphatic rings. The van der Waals surface area contributed by atoms with Crippen LogP contribution in [0, 0.1) is 17.3 Å². The highest BCUT2D eigenvalue weighted by Gasteiger charge is 2.58. The number of ether oxygens (including phenoxy) is 1. The summed E-state index contributed by atoms with van der Waals surface area (Å²) < 4.78 is 5.72. The summed E-state index contributed by atoms with van der Waals surface area (Å²) in [5.41, 5.74) is 1.67. The van der Waals surface area contributed by atoms with E-state index in [1.165, 1.54) is 4.90 Å². The Balaban J connectivity index is 1.54. The van der Waals surface area contributed by atoms with Crippen molar-refractivity contribution in [3.8, 4) is 0 Å². The molecule has 1 N–H and O–H groups in total. The Hall–Kier alpha value is -2.76. The van der Waals surface area contributed by atoms with Crippen LogP contribution >= 0.6 is 0 Å². The molecule has 4 atom stereocenters. The first-order valence-electron chi connectivity index (χ1n) is 9.56. The molecule has 5 rings (SSSR count). The maximum atomic E-state index is 13.2. The lowest BCUT2D eigenvalue weighted by Crippen LogP contribution is -2.40. The lowest BCUT2D eigenvalue weighted by Gasteiger charge is -2.40. The van der Waals surface area contributed by atoms with Crippen molar-refractivity contribution in [2.24, 2.45) is 17.3 Å². The molecule has 2 amide bonds. The molecule has 0 aromatic heterocycles. The molecule has 2 fully saturated rings. The van der Waals surface area contributed by atoms with Crippen LogP contribution in [0.2, 0.25) is 0 Å². The summed E-state index contributed by atoms with van der Waals surface area (Å²) in [7, 11) is 0. The second kappa shape index (κ2) is 6.40. The van der Waals surface area contributed by atoms with E-state index < -0.39 is 23.4 Å². The number of carbonyl (C=O) groups is 2. The number of fused-ring (bicyclic) bond motifs is 2. The quantitative estimate of drug-likeness (QED) is 0.662. The Morgan fingerprint density at radius 2 is 1.68 bits per heavy atom. The second-order valence-electron chi connectivity index (χ2n) is 7.84. The van der Waals surface area contributed by atoms with Gasteiger partial charge in [0.25, 0.3) is 0 Å². The van der Waals surface area contributed by atoms with Crippen LogP contribution in [0.4, 0.5) is 5.69 Å². The fourth-order valence-electron chi connectivity index (χ4n) is 4.90. The van der Waals surface area contributed by atoms with Gasteiger partial charge in [-0.25, -0.2) is 4.90 Å². The van der Waals surface area contributed by atoms with Crippen LogP contribution < -0.4 is 4.90 Å². The number of hydrogen-bond donors (Lipinski definition) is 1. The number of rotatable bonds is 3. The van der Waals surface area contributed by atoms with Crippen LogP contribution in [0.15, 0.2) is 72.3 Å². The minimum Gasteiger partial charge on any atom is -0.387 e. The van der Waals surface area contributed by atoms with Gasteiger partial charge in [-0.2, -0.15) is 0 Å². The summed E-state index contributed by atoms with van der Waals surface area (Å²) in [4.78, 5) is 27.5. The van der Waals surface area contributed by atoms with E-state index in [1.54, 1.807) is 12.1 Å². The summed E-state index contributed by atoms with van der Waals surface area (Å²) in [6, 6.07) is 18.5. The van der Waals surface area contributed by atoms with Crippen molar-refractivity contribution in [2.45, 2.75) is 12.5 Å². The van der Waals surface area contributed by atoms with E-state index in [0.29, 0.717) is 25.3 Å². The molecule has 0 radical (unpaired) electrons. The minimum atomic E-state index is -0.780.